The number of fused-ring (bicyclic) bond motifs is 1. The van der Waals surface area contributed by atoms with Gasteiger partial charge in [-0.1, -0.05) is 53.8 Å². The van der Waals surface area contributed by atoms with Gasteiger partial charge in [0.25, 0.3) is 11.1 Å². The number of ether oxygens (including phenoxy) is 1. The molecule has 0 aliphatic heterocycles. The van der Waals surface area contributed by atoms with Crippen LogP contribution in [-0.2, 0) is 6.42 Å². The minimum Gasteiger partial charge on any atom is -0.496 e. The van der Waals surface area contributed by atoms with Crippen LogP contribution in [0.5, 0.6) is 5.75 Å². The van der Waals surface area contributed by atoms with E-state index in [4.69, 9.17) is 4.74 Å². The number of para-hydroxylation sites is 1. The second kappa shape index (κ2) is 8.38. The zero-order valence-electron chi connectivity index (χ0n) is 15.9. The first-order chi connectivity index (χ1) is 14.5. The van der Waals surface area contributed by atoms with Crippen LogP contribution in [0.15, 0.2) is 64.2 Å². The number of halogens is 1. The van der Waals surface area contributed by atoms with Crippen molar-refractivity contribution in [1.82, 2.24) is 14.6 Å². The van der Waals surface area contributed by atoms with Gasteiger partial charge in [-0.25, -0.2) is 4.39 Å². The molecule has 4 rings (SSSR count). The summed E-state index contributed by atoms with van der Waals surface area (Å²) in [5.74, 6) is 0.359. The van der Waals surface area contributed by atoms with Gasteiger partial charge in [-0.2, -0.15) is 14.6 Å². The lowest BCUT2D eigenvalue weighted by Gasteiger charge is -2.02. The monoisotopic (exact) mass is 421 g/mol. The van der Waals surface area contributed by atoms with Crippen LogP contribution in [0, 0.1) is 5.82 Å². The molecule has 0 radical (unpaired) electrons. The number of nitrogens with zero attached hydrogens (tertiary/aromatic N) is 3. The Balaban J connectivity index is 1.69. The van der Waals surface area contributed by atoms with Gasteiger partial charge in [-0.05, 0) is 29.8 Å². The summed E-state index contributed by atoms with van der Waals surface area (Å²) in [7, 11) is 1.59. The first-order valence-electron chi connectivity index (χ1n) is 9.04. The van der Waals surface area contributed by atoms with Crippen LogP contribution in [-0.4, -0.2) is 21.7 Å². The van der Waals surface area contributed by atoms with Crippen LogP contribution < -0.4 is 20.4 Å². The van der Waals surface area contributed by atoms with Gasteiger partial charge in [0.1, 0.15) is 17.3 Å². The van der Waals surface area contributed by atoms with E-state index in [1.807, 2.05) is 30.3 Å². The predicted octanol–water partition coefficient (Wildman–Crippen LogP) is 2.46. The van der Waals surface area contributed by atoms with E-state index in [0.717, 1.165) is 27.2 Å². The third-order valence-electron chi connectivity index (χ3n) is 4.40. The minimum absolute atomic E-state index is 0.130. The molecule has 0 N–H and O–H groups in total. The quantitative estimate of drug-likeness (QED) is 0.495. The van der Waals surface area contributed by atoms with Gasteiger partial charge >= 0.3 is 0 Å². The smallest absolute Gasteiger partial charge is 0.296 e. The second-order valence-electron chi connectivity index (χ2n) is 6.40. The normalized spacial score (nSPS) is 12.1. The lowest BCUT2D eigenvalue weighted by molar-refractivity contribution is 0.414. The van der Waals surface area contributed by atoms with E-state index < -0.39 is 5.56 Å². The highest BCUT2D eigenvalue weighted by Gasteiger charge is 2.11. The summed E-state index contributed by atoms with van der Waals surface area (Å²) >= 11 is 1.09. The van der Waals surface area contributed by atoms with E-state index in [1.165, 1.54) is 12.1 Å². The Morgan fingerprint density at radius 2 is 1.90 bits per heavy atom. The molecule has 0 saturated carbocycles. The van der Waals surface area contributed by atoms with Crippen molar-refractivity contribution in [3.8, 4) is 5.75 Å². The van der Waals surface area contributed by atoms with Crippen LogP contribution >= 0.6 is 11.3 Å². The Labute approximate surface area is 174 Å². The molecule has 0 aliphatic rings. The van der Waals surface area contributed by atoms with Crippen molar-refractivity contribution in [1.29, 1.82) is 0 Å². The Bertz CT molecular complexity index is 1410. The molecule has 0 bridgehead atoms. The van der Waals surface area contributed by atoms with E-state index >= 15 is 0 Å². The Morgan fingerprint density at radius 1 is 1.13 bits per heavy atom. The summed E-state index contributed by atoms with van der Waals surface area (Å²) < 4.78 is 19.9. The molecule has 2 heterocycles. The fourth-order valence-electron chi connectivity index (χ4n) is 2.90. The average molecular weight is 421 g/mol. The SMILES string of the molecule is COc1ccccc1C=CC=c1sc2nc(=O)c(Cc3ccc(F)cc3)nn2c1=O. The van der Waals surface area contributed by atoms with Gasteiger partial charge in [0.05, 0.1) is 11.6 Å². The highest BCUT2D eigenvalue weighted by atomic mass is 32.1. The van der Waals surface area contributed by atoms with E-state index in [1.54, 1.807) is 31.4 Å². The minimum atomic E-state index is -0.503. The van der Waals surface area contributed by atoms with Crippen LogP contribution in [0.3, 0.4) is 0 Å². The average Bonchev–Trinajstić information content (AvgIpc) is 3.05. The molecule has 0 saturated heterocycles. The van der Waals surface area contributed by atoms with Crippen molar-refractivity contribution >= 4 is 28.4 Å². The summed E-state index contributed by atoms with van der Waals surface area (Å²) in [5.41, 5.74) is 0.850. The fraction of sp³-hybridized carbons (Fsp3) is 0.0909. The van der Waals surface area contributed by atoms with E-state index in [-0.39, 0.29) is 28.5 Å². The summed E-state index contributed by atoms with van der Waals surface area (Å²) in [6, 6.07) is 13.3. The van der Waals surface area contributed by atoms with Crippen LogP contribution in [0.2, 0.25) is 0 Å². The van der Waals surface area contributed by atoms with Crippen LogP contribution in [0.4, 0.5) is 4.39 Å². The van der Waals surface area contributed by atoms with Crippen LogP contribution in [0.1, 0.15) is 16.8 Å². The summed E-state index contributed by atoms with van der Waals surface area (Å²) in [4.78, 5) is 29.2. The zero-order chi connectivity index (χ0) is 21.1. The van der Waals surface area contributed by atoms with E-state index in [2.05, 4.69) is 10.1 Å². The van der Waals surface area contributed by atoms with Crippen molar-refractivity contribution in [2.75, 3.05) is 7.11 Å². The van der Waals surface area contributed by atoms with Crippen molar-refractivity contribution < 1.29 is 9.13 Å². The molecule has 0 aliphatic carbocycles. The van der Waals surface area contributed by atoms with E-state index in [0.29, 0.717) is 10.1 Å². The molecule has 0 spiro atoms. The number of hydrogen-bond acceptors (Lipinski definition) is 6. The molecule has 30 heavy (non-hydrogen) atoms. The molecular formula is C22H16FN3O3S. The van der Waals surface area contributed by atoms with Gasteiger partial charge in [0.2, 0.25) is 4.96 Å². The van der Waals surface area contributed by atoms with Gasteiger partial charge in [0.15, 0.2) is 0 Å². The number of hydrogen-bond donors (Lipinski definition) is 0. The second-order valence-corrected chi connectivity index (χ2v) is 7.41. The number of thiazole rings is 1. The first kappa shape index (κ1) is 19.7. The first-order valence-corrected chi connectivity index (χ1v) is 9.85. The number of methoxy groups -OCH3 is 1. The molecule has 0 amide bonds. The molecule has 2 aromatic carbocycles. The maximum atomic E-state index is 13.1. The summed E-state index contributed by atoms with van der Waals surface area (Å²) in [6.07, 6.45) is 5.38. The Hall–Kier alpha value is -3.65. The van der Waals surface area contributed by atoms with Gasteiger partial charge in [-0.15, -0.1) is 0 Å². The molecule has 150 valence electrons. The number of benzene rings is 2. The number of aromatic nitrogens is 3. The molecule has 2 aromatic heterocycles. The Kier molecular flexibility index (Phi) is 5.49. The lowest BCUT2D eigenvalue weighted by Crippen LogP contribution is -2.27. The van der Waals surface area contributed by atoms with Crippen LogP contribution in [0.25, 0.3) is 17.1 Å². The van der Waals surface area contributed by atoms with Gasteiger partial charge in [-0.3, -0.25) is 9.59 Å². The fourth-order valence-corrected chi connectivity index (χ4v) is 3.76. The highest BCUT2D eigenvalue weighted by molar-refractivity contribution is 7.15. The zero-order valence-corrected chi connectivity index (χ0v) is 16.7. The maximum Gasteiger partial charge on any atom is 0.296 e. The third-order valence-corrected chi connectivity index (χ3v) is 5.37. The largest absolute Gasteiger partial charge is 0.496 e. The molecule has 0 atom stereocenters. The maximum absolute atomic E-state index is 13.1. The molecule has 8 heteroatoms. The van der Waals surface area contributed by atoms with E-state index in [9.17, 15) is 14.0 Å². The van der Waals surface area contributed by atoms with Crippen molar-refractivity contribution in [3.05, 3.63) is 102 Å². The highest BCUT2D eigenvalue weighted by Crippen LogP contribution is 2.18. The molecule has 0 fully saturated rings. The molecular weight excluding hydrogens is 405 g/mol. The summed E-state index contributed by atoms with van der Waals surface area (Å²) in [6.45, 7) is 0. The molecule has 6 nitrogen and oxygen atoms in total. The number of rotatable bonds is 5. The third kappa shape index (κ3) is 4.04. The van der Waals surface area contributed by atoms with Gasteiger partial charge < -0.3 is 4.74 Å². The topological polar surface area (TPSA) is 73.6 Å². The lowest BCUT2D eigenvalue weighted by atomic mass is 10.1. The molecule has 0 unspecified atom stereocenters. The van der Waals surface area contributed by atoms with Gasteiger partial charge in [0, 0.05) is 12.0 Å². The van der Waals surface area contributed by atoms with Crippen molar-refractivity contribution in [2.24, 2.45) is 0 Å². The van der Waals surface area contributed by atoms with Crippen molar-refractivity contribution in [3.63, 3.8) is 0 Å². The predicted molar refractivity (Wildman–Crippen MR) is 114 cm³/mol. The summed E-state index contributed by atoms with van der Waals surface area (Å²) in [5, 5.41) is 4.19. The Morgan fingerprint density at radius 3 is 2.67 bits per heavy atom. The molecule has 4 aromatic rings. The number of allylic oxidation sites excluding steroid dienone is 1. The standard InChI is InChI=1S/C22H16FN3O3S/c1-29-18-7-3-2-5-15(18)6-4-8-19-21(28)26-22(30-19)24-20(27)17(25-26)13-14-9-11-16(23)12-10-14/h2-12H,13H2,1H3. The van der Waals surface area contributed by atoms with Crippen molar-refractivity contribution in [2.45, 2.75) is 6.42 Å².